The van der Waals surface area contributed by atoms with Gasteiger partial charge < -0.3 is 5.32 Å². The fourth-order valence-electron chi connectivity index (χ4n) is 2.07. The van der Waals surface area contributed by atoms with Crippen molar-refractivity contribution < 1.29 is 4.79 Å². The summed E-state index contributed by atoms with van der Waals surface area (Å²) in [6.07, 6.45) is 0. The number of thiocarbonyl (C=S) groups is 1. The number of amides is 1. The lowest BCUT2D eigenvalue weighted by atomic mass is 10.1. The van der Waals surface area contributed by atoms with Gasteiger partial charge in [-0.25, -0.2) is 4.98 Å². The van der Waals surface area contributed by atoms with E-state index in [1.165, 1.54) is 11.3 Å². The third kappa shape index (κ3) is 4.26. The maximum Gasteiger partial charge on any atom is 0.257 e. The summed E-state index contributed by atoms with van der Waals surface area (Å²) in [5, 5.41) is 17.0. The van der Waals surface area contributed by atoms with E-state index in [0.717, 1.165) is 11.3 Å². The van der Waals surface area contributed by atoms with Crippen LogP contribution in [0.1, 0.15) is 15.9 Å². The van der Waals surface area contributed by atoms with Crippen molar-refractivity contribution in [2.45, 2.75) is 0 Å². The SMILES string of the molecule is N#Cc1ccc(-c2csc(NC(=S)NC(=O)c3ccccc3)n2)cc1. The smallest absolute Gasteiger partial charge is 0.257 e. The number of carbonyl (C=O) groups excluding carboxylic acids is 1. The van der Waals surface area contributed by atoms with E-state index in [1.807, 2.05) is 23.6 Å². The van der Waals surface area contributed by atoms with Crippen LogP contribution in [0.3, 0.4) is 0 Å². The summed E-state index contributed by atoms with van der Waals surface area (Å²) < 4.78 is 0. The molecule has 0 atom stereocenters. The van der Waals surface area contributed by atoms with Crippen LogP contribution in [0.2, 0.25) is 0 Å². The normalized spacial score (nSPS) is 9.88. The lowest BCUT2D eigenvalue weighted by molar-refractivity contribution is 0.0977. The Labute approximate surface area is 154 Å². The fourth-order valence-corrected chi connectivity index (χ4v) is 3.05. The number of hydrogen-bond acceptors (Lipinski definition) is 5. The highest BCUT2D eigenvalue weighted by Gasteiger charge is 2.10. The van der Waals surface area contributed by atoms with E-state index in [2.05, 4.69) is 21.7 Å². The summed E-state index contributed by atoms with van der Waals surface area (Å²) in [6, 6.07) is 18.1. The number of hydrogen-bond donors (Lipinski definition) is 2. The van der Waals surface area contributed by atoms with E-state index in [4.69, 9.17) is 17.5 Å². The monoisotopic (exact) mass is 364 g/mol. The number of benzene rings is 2. The molecule has 0 fully saturated rings. The third-order valence-electron chi connectivity index (χ3n) is 3.30. The molecule has 7 heteroatoms. The average molecular weight is 364 g/mol. The molecule has 1 amide bonds. The number of nitrogens with zero attached hydrogens (tertiary/aromatic N) is 2. The molecule has 0 aliphatic heterocycles. The molecule has 0 saturated carbocycles. The maximum atomic E-state index is 12.1. The lowest BCUT2D eigenvalue weighted by Crippen LogP contribution is -2.34. The summed E-state index contributed by atoms with van der Waals surface area (Å²) in [7, 11) is 0. The Morgan fingerprint density at radius 2 is 1.84 bits per heavy atom. The summed E-state index contributed by atoms with van der Waals surface area (Å²) in [5.41, 5.74) is 2.81. The van der Waals surface area contributed by atoms with Crippen molar-refractivity contribution in [2.75, 3.05) is 5.32 Å². The zero-order chi connectivity index (χ0) is 17.6. The Kier molecular flexibility index (Phi) is 5.14. The van der Waals surface area contributed by atoms with Crippen LogP contribution >= 0.6 is 23.6 Å². The highest BCUT2D eigenvalue weighted by atomic mass is 32.1. The zero-order valence-corrected chi connectivity index (χ0v) is 14.5. The van der Waals surface area contributed by atoms with Crippen LogP contribution in [-0.2, 0) is 0 Å². The molecule has 2 N–H and O–H groups in total. The number of nitrogens with one attached hydrogen (secondary N) is 2. The molecule has 1 heterocycles. The quantitative estimate of drug-likeness (QED) is 0.691. The first kappa shape index (κ1) is 16.8. The van der Waals surface area contributed by atoms with Crippen molar-refractivity contribution in [1.82, 2.24) is 10.3 Å². The van der Waals surface area contributed by atoms with Crippen molar-refractivity contribution >= 4 is 39.7 Å². The van der Waals surface area contributed by atoms with Gasteiger partial charge in [-0.1, -0.05) is 30.3 Å². The number of anilines is 1. The summed E-state index contributed by atoms with van der Waals surface area (Å²) in [4.78, 5) is 16.5. The fraction of sp³-hybridized carbons (Fsp3) is 0. The number of thiazole rings is 1. The Morgan fingerprint density at radius 3 is 2.52 bits per heavy atom. The van der Waals surface area contributed by atoms with Gasteiger partial charge in [0.25, 0.3) is 5.91 Å². The van der Waals surface area contributed by atoms with Gasteiger partial charge in [0.15, 0.2) is 10.2 Å². The second kappa shape index (κ2) is 7.66. The molecule has 0 spiro atoms. The minimum absolute atomic E-state index is 0.189. The molecule has 122 valence electrons. The molecule has 3 rings (SSSR count). The van der Waals surface area contributed by atoms with Crippen LogP contribution in [-0.4, -0.2) is 16.0 Å². The minimum atomic E-state index is -0.276. The molecule has 5 nitrogen and oxygen atoms in total. The van der Waals surface area contributed by atoms with Gasteiger partial charge in [-0.05, 0) is 36.5 Å². The molecular weight excluding hydrogens is 352 g/mol. The molecule has 2 aromatic carbocycles. The molecular formula is C18H12N4OS2. The third-order valence-corrected chi connectivity index (χ3v) is 4.26. The van der Waals surface area contributed by atoms with E-state index in [0.29, 0.717) is 16.3 Å². The first-order valence-electron chi connectivity index (χ1n) is 7.29. The van der Waals surface area contributed by atoms with Crippen molar-refractivity contribution in [3.05, 3.63) is 71.1 Å². The highest BCUT2D eigenvalue weighted by molar-refractivity contribution is 7.80. The Morgan fingerprint density at radius 1 is 1.12 bits per heavy atom. The van der Waals surface area contributed by atoms with Crippen molar-refractivity contribution in [1.29, 1.82) is 5.26 Å². The van der Waals surface area contributed by atoms with Gasteiger partial charge in [-0.2, -0.15) is 5.26 Å². The Bertz CT molecular complexity index is 943. The predicted molar refractivity (Wildman–Crippen MR) is 102 cm³/mol. The molecule has 0 aliphatic carbocycles. The zero-order valence-electron chi connectivity index (χ0n) is 12.9. The van der Waals surface area contributed by atoms with E-state index in [1.54, 1.807) is 36.4 Å². The summed E-state index contributed by atoms with van der Waals surface area (Å²) in [5.74, 6) is -0.276. The Balaban J connectivity index is 1.63. The van der Waals surface area contributed by atoms with Crippen LogP contribution in [0.15, 0.2) is 60.0 Å². The van der Waals surface area contributed by atoms with Crippen LogP contribution in [0.5, 0.6) is 0 Å². The summed E-state index contributed by atoms with van der Waals surface area (Å²) >= 11 is 6.54. The number of rotatable bonds is 3. The first-order valence-corrected chi connectivity index (χ1v) is 8.58. The highest BCUT2D eigenvalue weighted by Crippen LogP contribution is 2.25. The van der Waals surface area contributed by atoms with Gasteiger partial charge in [0.05, 0.1) is 17.3 Å². The van der Waals surface area contributed by atoms with Gasteiger partial charge in [0, 0.05) is 16.5 Å². The number of nitriles is 1. The van der Waals surface area contributed by atoms with Crippen LogP contribution in [0.25, 0.3) is 11.3 Å². The molecule has 0 radical (unpaired) electrons. The molecule has 0 bridgehead atoms. The predicted octanol–water partition coefficient (Wildman–Crippen LogP) is 3.81. The second-order valence-corrected chi connectivity index (χ2v) is 6.27. The van der Waals surface area contributed by atoms with Gasteiger partial charge >= 0.3 is 0 Å². The standard InChI is InChI=1S/C18H12N4OS2/c19-10-12-6-8-13(9-7-12)15-11-25-18(20-15)22-17(24)21-16(23)14-4-2-1-3-5-14/h1-9,11H,(H2,20,21,22,23,24). The molecule has 25 heavy (non-hydrogen) atoms. The second-order valence-electron chi connectivity index (χ2n) is 5.00. The van der Waals surface area contributed by atoms with Crippen molar-refractivity contribution in [3.63, 3.8) is 0 Å². The number of aromatic nitrogens is 1. The van der Waals surface area contributed by atoms with Crippen LogP contribution < -0.4 is 10.6 Å². The van der Waals surface area contributed by atoms with E-state index in [-0.39, 0.29) is 11.0 Å². The van der Waals surface area contributed by atoms with Gasteiger partial charge in [-0.3, -0.25) is 10.1 Å². The van der Waals surface area contributed by atoms with Crippen molar-refractivity contribution in [2.24, 2.45) is 0 Å². The summed E-state index contributed by atoms with van der Waals surface area (Å²) in [6.45, 7) is 0. The largest absolute Gasteiger partial charge is 0.308 e. The maximum absolute atomic E-state index is 12.1. The number of carbonyl (C=O) groups is 1. The molecule has 0 unspecified atom stereocenters. The molecule has 1 aromatic heterocycles. The molecule has 0 aliphatic rings. The molecule has 0 saturated heterocycles. The molecule has 3 aromatic rings. The van der Waals surface area contributed by atoms with E-state index >= 15 is 0 Å². The lowest BCUT2D eigenvalue weighted by Gasteiger charge is -2.07. The van der Waals surface area contributed by atoms with E-state index < -0.39 is 0 Å². The van der Waals surface area contributed by atoms with Crippen LogP contribution in [0.4, 0.5) is 5.13 Å². The first-order chi connectivity index (χ1) is 12.2. The van der Waals surface area contributed by atoms with Crippen LogP contribution in [0, 0.1) is 11.3 Å². The van der Waals surface area contributed by atoms with Gasteiger partial charge in [0.2, 0.25) is 0 Å². The average Bonchev–Trinajstić information content (AvgIpc) is 3.10. The topological polar surface area (TPSA) is 77.8 Å². The Hall–Kier alpha value is -3.08. The van der Waals surface area contributed by atoms with E-state index in [9.17, 15) is 4.79 Å². The van der Waals surface area contributed by atoms with Gasteiger partial charge in [-0.15, -0.1) is 11.3 Å². The van der Waals surface area contributed by atoms with Gasteiger partial charge in [0.1, 0.15) is 0 Å². The van der Waals surface area contributed by atoms with Crippen molar-refractivity contribution in [3.8, 4) is 17.3 Å². The minimum Gasteiger partial charge on any atom is -0.308 e.